The number of aromatic nitrogens is 1. The van der Waals surface area contributed by atoms with Crippen molar-refractivity contribution in [1.29, 1.82) is 0 Å². The highest BCUT2D eigenvalue weighted by atomic mass is 35.5. The number of halogens is 2. The van der Waals surface area contributed by atoms with E-state index in [0.717, 1.165) is 0 Å². The maximum absolute atomic E-state index is 13.3. The minimum Gasteiger partial charge on any atom is -0.381 e. The van der Waals surface area contributed by atoms with E-state index in [1.54, 1.807) is 0 Å². The highest BCUT2D eigenvalue weighted by Crippen LogP contribution is 2.26. The van der Waals surface area contributed by atoms with Crippen molar-refractivity contribution >= 4 is 17.4 Å². The quantitative estimate of drug-likeness (QED) is 0.791. The van der Waals surface area contributed by atoms with Gasteiger partial charge in [-0.2, -0.15) is 0 Å². The zero-order valence-corrected chi connectivity index (χ0v) is 7.75. The largest absolute Gasteiger partial charge is 0.381 e. The number of benzene rings is 1. The molecule has 2 N–H and O–H groups in total. The fourth-order valence-corrected chi connectivity index (χ4v) is 1.27. The van der Waals surface area contributed by atoms with E-state index in [4.69, 9.17) is 21.9 Å². The molecule has 0 unspecified atom stereocenters. The molecule has 3 nitrogen and oxygen atoms in total. The van der Waals surface area contributed by atoms with Gasteiger partial charge in [-0.05, 0) is 18.2 Å². The number of nitrogens with two attached hydrogens (primary N) is 1. The van der Waals surface area contributed by atoms with Gasteiger partial charge in [0.05, 0.1) is 5.56 Å². The second-order valence-corrected chi connectivity index (χ2v) is 3.18. The van der Waals surface area contributed by atoms with Crippen LogP contribution in [0.3, 0.4) is 0 Å². The first-order valence-electron chi connectivity index (χ1n) is 3.84. The monoisotopic (exact) mass is 212 g/mol. The van der Waals surface area contributed by atoms with E-state index in [2.05, 4.69) is 5.16 Å². The lowest BCUT2D eigenvalue weighted by Crippen LogP contribution is -1.82. The molecule has 0 amide bonds. The second kappa shape index (κ2) is 3.31. The van der Waals surface area contributed by atoms with Crippen LogP contribution in [0.5, 0.6) is 0 Å². The predicted octanol–water partition coefficient (Wildman–Crippen LogP) is 2.72. The summed E-state index contributed by atoms with van der Waals surface area (Å²) in [6, 6.07) is 5.61. The van der Waals surface area contributed by atoms with E-state index in [1.807, 2.05) is 0 Å². The number of anilines is 1. The SMILES string of the molecule is Nc1cc(-c2cc(Cl)ccc2F)on1. The molecule has 0 saturated carbocycles. The molecule has 0 bridgehead atoms. The first-order chi connectivity index (χ1) is 6.66. The van der Waals surface area contributed by atoms with Crippen LogP contribution in [-0.2, 0) is 0 Å². The van der Waals surface area contributed by atoms with Gasteiger partial charge in [0.1, 0.15) is 5.82 Å². The van der Waals surface area contributed by atoms with Crippen LogP contribution >= 0.6 is 11.6 Å². The average Bonchev–Trinajstić information content (AvgIpc) is 2.56. The van der Waals surface area contributed by atoms with Gasteiger partial charge >= 0.3 is 0 Å². The van der Waals surface area contributed by atoms with Crippen LogP contribution in [0.2, 0.25) is 5.02 Å². The summed E-state index contributed by atoms with van der Waals surface area (Å²) in [5.74, 6) is 0.0485. The molecule has 1 aromatic heterocycles. The molecular formula is C9H6ClFN2O. The Hall–Kier alpha value is -1.55. The summed E-state index contributed by atoms with van der Waals surface area (Å²) in [6.45, 7) is 0. The standard InChI is InChI=1S/C9H6ClFN2O/c10-5-1-2-7(11)6(3-5)8-4-9(12)13-14-8/h1-4H,(H2,12,13). The van der Waals surface area contributed by atoms with Crippen molar-refractivity contribution in [1.82, 2.24) is 5.16 Å². The Kier molecular flexibility index (Phi) is 2.13. The molecule has 1 heterocycles. The van der Waals surface area contributed by atoms with Gasteiger partial charge in [-0.3, -0.25) is 0 Å². The molecule has 0 aliphatic heterocycles. The van der Waals surface area contributed by atoms with Crippen LogP contribution in [0.15, 0.2) is 28.8 Å². The zero-order valence-electron chi connectivity index (χ0n) is 7.00. The van der Waals surface area contributed by atoms with Gasteiger partial charge in [0.15, 0.2) is 11.6 Å². The highest BCUT2D eigenvalue weighted by molar-refractivity contribution is 6.30. The number of hydrogen-bond donors (Lipinski definition) is 1. The molecular weight excluding hydrogens is 207 g/mol. The van der Waals surface area contributed by atoms with Crippen molar-refractivity contribution in [3.8, 4) is 11.3 Å². The van der Waals surface area contributed by atoms with Crippen molar-refractivity contribution in [3.05, 3.63) is 35.1 Å². The fraction of sp³-hybridized carbons (Fsp3) is 0. The van der Waals surface area contributed by atoms with Crippen molar-refractivity contribution in [2.75, 3.05) is 5.73 Å². The molecule has 2 aromatic rings. The summed E-state index contributed by atoms with van der Waals surface area (Å²) in [5.41, 5.74) is 5.60. The summed E-state index contributed by atoms with van der Waals surface area (Å²) in [5, 5.41) is 3.88. The molecule has 0 aliphatic rings. The number of hydrogen-bond acceptors (Lipinski definition) is 3. The fourth-order valence-electron chi connectivity index (χ4n) is 1.10. The number of nitrogens with zero attached hydrogens (tertiary/aromatic N) is 1. The van der Waals surface area contributed by atoms with E-state index in [-0.39, 0.29) is 17.1 Å². The molecule has 0 radical (unpaired) electrons. The predicted molar refractivity (Wildman–Crippen MR) is 51.3 cm³/mol. The van der Waals surface area contributed by atoms with Crippen LogP contribution in [0.25, 0.3) is 11.3 Å². The second-order valence-electron chi connectivity index (χ2n) is 2.74. The molecule has 0 saturated heterocycles. The topological polar surface area (TPSA) is 52.0 Å². The molecule has 14 heavy (non-hydrogen) atoms. The first kappa shape index (κ1) is 9.02. The average molecular weight is 213 g/mol. The van der Waals surface area contributed by atoms with Crippen LogP contribution in [0.4, 0.5) is 10.2 Å². The van der Waals surface area contributed by atoms with Gasteiger partial charge in [-0.25, -0.2) is 4.39 Å². The van der Waals surface area contributed by atoms with Gasteiger partial charge < -0.3 is 10.3 Å². The number of nitrogen functional groups attached to an aromatic ring is 1. The van der Waals surface area contributed by atoms with E-state index in [1.165, 1.54) is 24.3 Å². The lowest BCUT2D eigenvalue weighted by Gasteiger charge is -1.97. The normalized spacial score (nSPS) is 10.4. The molecule has 0 spiro atoms. The Morgan fingerprint density at radius 2 is 2.14 bits per heavy atom. The van der Waals surface area contributed by atoms with Crippen molar-refractivity contribution in [2.24, 2.45) is 0 Å². The van der Waals surface area contributed by atoms with Crippen LogP contribution in [0, 0.1) is 5.82 Å². The molecule has 72 valence electrons. The van der Waals surface area contributed by atoms with Gasteiger partial charge in [-0.1, -0.05) is 16.8 Å². The minimum absolute atomic E-state index is 0.208. The Morgan fingerprint density at radius 1 is 1.36 bits per heavy atom. The van der Waals surface area contributed by atoms with Crippen LogP contribution in [-0.4, -0.2) is 5.16 Å². The third-order valence-corrected chi connectivity index (χ3v) is 1.96. The summed E-state index contributed by atoms with van der Waals surface area (Å²) >= 11 is 5.71. The Labute approximate surface area is 84.3 Å². The van der Waals surface area contributed by atoms with Crippen LogP contribution in [0.1, 0.15) is 0 Å². The Bertz CT molecular complexity index is 470. The number of rotatable bonds is 1. The Morgan fingerprint density at radius 3 is 2.79 bits per heavy atom. The van der Waals surface area contributed by atoms with E-state index < -0.39 is 5.82 Å². The molecule has 1 aromatic carbocycles. The van der Waals surface area contributed by atoms with E-state index >= 15 is 0 Å². The summed E-state index contributed by atoms with van der Waals surface area (Å²) in [4.78, 5) is 0. The minimum atomic E-state index is -0.425. The molecule has 2 rings (SSSR count). The van der Waals surface area contributed by atoms with E-state index in [0.29, 0.717) is 5.02 Å². The molecule has 0 atom stereocenters. The van der Waals surface area contributed by atoms with Gasteiger partial charge in [0.2, 0.25) is 0 Å². The highest BCUT2D eigenvalue weighted by Gasteiger charge is 2.10. The lowest BCUT2D eigenvalue weighted by atomic mass is 10.1. The maximum Gasteiger partial charge on any atom is 0.172 e. The Balaban J connectivity index is 2.55. The zero-order chi connectivity index (χ0) is 10.1. The summed E-state index contributed by atoms with van der Waals surface area (Å²) in [6.07, 6.45) is 0. The molecule has 0 fully saturated rings. The lowest BCUT2D eigenvalue weighted by molar-refractivity contribution is 0.433. The third-order valence-electron chi connectivity index (χ3n) is 1.72. The molecule has 0 aliphatic carbocycles. The summed E-state index contributed by atoms with van der Waals surface area (Å²) in [7, 11) is 0. The van der Waals surface area contributed by atoms with Gasteiger partial charge in [0, 0.05) is 11.1 Å². The van der Waals surface area contributed by atoms with Gasteiger partial charge in [-0.15, -0.1) is 0 Å². The van der Waals surface area contributed by atoms with Crippen molar-refractivity contribution in [2.45, 2.75) is 0 Å². The molecule has 5 heteroatoms. The first-order valence-corrected chi connectivity index (χ1v) is 4.22. The summed E-state index contributed by atoms with van der Waals surface area (Å²) < 4.78 is 18.1. The van der Waals surface area contributed by atoms with Crippen molar-refractivity contribution < 1.29 is 8.91 Å². The van der Waals surface area contributed by atoms with Crippen molar-refractivity contribution in [3.63, 3.8) is 0 Å². The smallest absolute Gasteiger partial charge is 0.172 e. The van der Waals surface area contributed by atoms with Gasteiger partial charge in [0.25, 0.3) is 0 Å². The third kappa shape index (κ3) is 1.56. The van der Waals surface area contributed by atoms with Crippen LogP contribution < -0.4 is 5.73 Å². The maximum atomic E-state index is 13.3. The van der Waals surface area contributed by atoms with E-state index in [9.17, 15) is 4.39 Å².